The highest BCUT2D eigenvalue weighted by Crippen LogP contribution is 2.70. The van der Waals surface area contributed by atoms with Gasteiger partial charge in [0.05, 0.1) is 0 Å². The summed E-state index contributed by atoms with van der Waals surface area (Å²) in [5.74, 6) is 0. The van der Waals surface area contributed by atoms with Gasteiger partial charge in [-0.25, -0.2) is 0 Å². The summed E-state index contributed by atoms with van der Waals surface area (Å²) >= 11 is 0. The summed E-state index contributed by atoms with van der Waals surface area (Å²) in [5.41, 5.74) is 2.12. The van der Waals surface area contributed by atoms with Crippen molar-refractivity contribution in [2.24, 2.45) is 5.41 Å². The summed E-state index contributed by atoms with van der Waals surface area (Å²) in [7, 11) is -1.90. The highest BCUT2D eigenvalue weighted by Gasteiger charge is 2.69. The minimum atomic E-state index is -1.90. The molecule has 122 valence electrons. The van der Waals surface area contributed by atoms with Crippen LogP contribution in [0, 0.1) is 5.41 Å². The van der Waals surface area contributed by atoms with Crippen LogP contribution in [0.25, 0.3) is 0 Å². The standard InChI is InChI=1S/C21H28OSi/c1-19(2)20(3,4)23(5,6)22-21(19,17-13-9-7-10-14-17)18-15-11-8-12-16-18/h7-16H,1-6H3. The third-order valence-electron chi connectivity index (χ3n) is 6.72. The molecule has 0 aliphatic carbocycles. The minimum absolute atomic E-state index is 0.0154. The average molecular weight is 325 g/mol. The van der Waals surface area contributed by atoms with Crippen LogP contribution in [0.2, 0.25) is 18.1 Å². The van der Waals surface area contributed by atoms with Crippen molar-refractivity contribution >= 4 is 8.32 Å². The molecule has 1 heterocycles. The van der Waals surface area contributed by atoms with E-state index in [1.165, 1.54) is 11.1 Å². The van der Waals surface area contributed by atoms with E-state index in [2.05, 4.69) is 101 Å². The van der Waals surface area contributed by atoms with Crippen molar-refractivity contribution in [1.82, 2.24) is 0 Å². The molecule has 0 aromatic heterocycles. The Hall–Kier alpha value is -1.38. The van der Waals surface area contributed by atoms with E-state index in [4.69, 9.17) is 4.43 Å². The van der Waals surface area contributed by atoms with Crippen LogP contribution in [-0.4, -0.2) is 8.32 Å². The van der Waals surface area contributed by atoms with E-state index in [0.717, 1.165) is 0 Å². The number of benzene rings is 2. The van der Waals surface area contributed by atoms with Crippen molar-refractivity contribution in [1.29, 1.82) is 0 Å². The molecule has 23 heavy (non-hydrogen) atoms. The largest absolute Gasteiger partial charge is 0.403 e. The van der Waals surface area contributed by atoms with E-state index in [9.17, 15) is 0 Å². The molecule has 1 saturated heterocycles. The highest BCUT2D eigenvalue weighted by molar-refractivity contribution is 6.75. The Bertz CT molecular complexity index is 647. The zero-order valence-corrected chi connectivity index (χ0v) is 16.2. The zero-order valence-electron chi connectivity index (χ0n) is 15.2. The van der Waals surface area contributed by atoms with Gasteiger partial charge in [-0.15, -0.1) is 0 Å². The van der Waals surface area contributed by atoms with E-state index in [0.29, 0.717) is 0 Å². The molecule has 0 spiro atoms. The lowest BCUT2D eigenvalue weighted by molar-refractivity contribution is 0.0131. The van der Waals surface area contributed by atoms with Gasteiger partial charge >= 0.3 is 0 Å². The summed E-state index contributed by atoms with van der Waals surface area (Å²) in [6.45, 7) is 14.3. The molecule has 0 unspecified atom stereocenters. The normalized spacial score (nSPS) is 23.6. The Kier molecular flexibility index (Phi) is 3.62. The summed E-state index contributed by atoms with van der Waals surface area (Å²) in [4.78, 5) is 0. The molecule has 0 amide bonds. The van der Waals surface area contributed by atoms with Crippen molar-refractivity contribution < 1.29 is 4.43 Å². The first-order valence-corrected chi connectivity index (χ1v) is 11.4. The first-order valence-electron chi connectivity index (χ1n) is 8.48. The van der Waals surface area contributed by atoms with E-state index in [1.807, 2.05) is 0 Å². The van der Waals surface area contributed by atoms with E-state index in [1.54, 1.807) is 0 Å². The molecular formula is C21H28OSi. The summed E-state index contributed by atoms with van der Waals surface area (Å²) in [6, 6.07) is 21.6. The number of hydrogen-bond donors (Lipinski definition) is 0. The molecule has 0 N–H and O–H groups in total. The first-order chi connectivity index (χ1) is 10.7. The van der Waals surface area contributed by atoms with Gasteiger partial charge in [0, 0.05) is 5.41 Å². The van der Waals surface area contributed by atoms with Gasteiger partial charge in [-0.1, -0.05) is 88.4 Å². The lowest BCUT2D eigenvalue weighted by atomic mass is 9.61. The third kappa shape index (κ3) is 2.01. The molecule has 1 aliphatic rings. The number of rotatable bonds is 2. The topological polar surface area (TPSA) is 9.23 Å². The lowest BCUT2D eigenvalue weighted by Gasteiger charge is -2.47. The van der Waals surface area contributed by atoms with Gasteiger partial charge in [0.1, 0.15) is 5.60 Å². The van der Waals surface area contributed by atoms with Gasteiger partial charge in [0.2, 0.25) is 0 Å². The lowest BCUT2D eigenvalue weighted by Crippen LogP contribution is -2.44. The molecule has 0 atom stereocenters. The van der Waals surface area contributed by atoms with Crippen LogP contribution in [0.4, 0.5) is 0 Å². The van der Waals surface area contributed by atoms with Crippen LogP contribution >= 0.6 is 0 Å². The summed E-state index contributed by atoms with van der Waals surface area (Å²) in [6.07, 6.45) is 0. The summed E-state index contributed by atoms with van der Waals surface area (Å²) in [5, 5.41) is 0.145. The van der Waals surface area contributed by atoms with Crippen LogP contribution in [0.5, 0.6) is 0 Å². The molecule has 2 aromatic carbocycles. The Morgan fingerprint density at radius 1 is 0.696 bits per heavy atom. The van der Waals surface area contributed by atoms with Crippen molar-refractivity contribution in [3.05, 3.63) is 71.8 Å². The highest BCUT2D eigenvalue weighted by atomic mass is 28.4. The molecule has 0 bridgehead atoms. The fraction of sp³-hybridized carbons (Fsp3) is 0.429. The maximum atomic E-state index is 7.08. The van der Waals surface area contributed by atoms with Crippen molar-refractivity contribution in [3.8, 4) is 0 Å². The van der Waals surface area contributed by atoms with E-state index >= 15 is 0 Å². The van der Waals surface area contributed by atoms with Crippen LogP contribution in [-0.2, 0) is 10.0 Å². The maximum Gasteiger partial charge on any atom is 0.194 e. The molecule has 1 fully saturated rings. The van der Waals surface area contributed by atoms with E-state index in [-0.39, 0.29) is 10.5 Å². The van der Waals surface area contributed by atoms with Crippen molar-refractivity contribution in [3.63, 3.8) is 0 Å². The molecule has 2 aromatic rings. The fourth-order valence-electron chi connectivity index (χ4n) is 4.18. The second-order valence-corrected chi connectivity index (χ2v) is 12.8. The van der Waals surface area contributed by atoms with Crippen molar-refractivity contribution in [2.75, 3.05) is 0 Å². The Balaban J connectivity index is 2.36. The smallest absolute Gasteiger partial charge is 0.194 e. The van der Waals surface area contributed by atoms with Gasteiger partial charge in [-0.05, 0) is 29.3 Å². The van der Waals surface area contributed by atoms with Crippen LogP contribution in [0.15, 0.2) is 60.7 Å². The predicted octanol–water partition coefficient (Wildman–Crippen LogP) is 5.97. The zero-order chi connectivity index (χ0) is 16.9. The predicted molar refractivity (Wildman–Crippen MR) is 100 cm³/mol. The van der Waals surface area contributed by atoms with Gasteiger partial charge < -0.3 is 4.43 Å². The molecule has 2 heteroatoms. The summed E-state index contributed by atoms with van der Waals surface area (Å²) < 4.78 is 7.08. The van der Waals surface area contributed by atoms with Gasteiger partial charge in [0.15, 0.2) is 8.32 Å². The SMILES string of the molecule is CC1(C)C(c2ccccc2)(c2ccccc2)O[Si](C)(C)C1(C)C. The van der Waals surface area contributed by atoms with Crippen molar-refractivity contribution in [2.45, 2.75) is 51.4 Å². The Morgan fingerprint density at radius 3 is 1.39 bits per heavy atom. The quantitative estimate of drug-likeness (QED) is 0.618. The van der Waals surface area contributed by atoms with Gasteiger partial charge in [-0.3, -0.25) is 0 Å². The molecule has 0 saturated carbocycles. The Morgan fingerprint density at radius 2 is 1.09 bits per heavy atom. The molecule has 1 aliphatic heterocycles. The monoisotopic (exact) mass is 324 g/mol. The molecular weight excluding hydrogens is 296 g/mol. The van der Waals surface area contributed by atoms with Crippen LogP contribution < -0.4 is 0 Å². The third-order valence-corrected chi connectivity index (χ3v) is 11.2. The molecule has 1 nitrogen and oxygen atoms in total. The fourth-order valence-corrected chi connectivity index (χ4v) is 7.38. The molecule has 0 radical (unpaired) electrons. The van der Waals surface area contributed by atoms with Gasteiger partial charge in [0.25, 0.3) is 0 Å². The average Bonchev–Trinajstić information content (AvgIpc) is 2.64. The second-order valence-electron chi connectivity index (χ2n) is 8.28. The van der Waals surface area contributed by atoms with E-state index < -0.39 is 13.9 Å². The minimum Gasteiger partial charge on any atom is -0.403 e. The number of hydrogen-bond acceptors (Lipinski definition) is 1. The van der Waals surface area contributed by atoms with Gasteiger partial charge in [-0.2, -0.15) is 0 Å². The second kappa shape index (κ2) is 5.06. The molecule has 3 rings (SSSR count). The maximum absolute atomic E-state index is 7.08. The van der Waals surface area contributed by atoms with Crippen LogP contribution in [0.3, 0.4) is 0 Å². The Labute approximate surface area is 141 Å². The van der Waals surface area contributed by atoms with Crippen LogP contribution in [0.1, 0.15) is 38.8 Å². The first kappa shape index (κ1) is 16.5.